The lowest BCUT2D eigenvalue weighted by atomic mass is 10.1. The summed E-state index contributed by atoms with van der Waals surface area (Å²) in [5.41, 5.74) is 3.95. The highest BCUT2D eigenvalue weighted by Gasteiger charge is 2.17. The second-order valence-electron chi connectivity index (χ2n) is 10.8. The Labute approximate surface area is 281 Å². The number of thiazole rings is 1. The molecule has 6 rings (SSSR count). The standard InChI is InChI=1S/C34H30ClFN6O3S2/c1-42(15-16-47(43,44)33-7-2-3-13-37-33)14-12-32-41-30(21-46-32)24-8-10-29-27(18-24)34(39-22-38-29)40-26-9-11-31(28(35)19-26)45-20-23-5-4-6-25(36)17-23/h2-11,13,17-19,21-22H,12,14-16,20H2,1H3,(H,38,39,40). The summed E-state index contributed by atoms with van der Waals surface area (Å²) in [5.74, 6) is 0.774. The SMILES string of the molecule is CN(CCc1nc(-c2ccc3ncnc(Nc4ccc(OCc5cccc(F)c5)c(Cl)c4)c3c2)cs1)CCS(=O)(=O)c1ccccn1. The maximum atomic E-state index is 13.5. The topological polar surface area (TPSA) is 110 Å². The highest BCUT2D eigenvalue weighted by atomic mass is 35.5. The van der Waals surface area contributed by atoms with Crippen molar-refractivity contribution in [3.8, 4) is 17.0 Å². The first kappa shape index (κ1) is 32.5. The van der Waals surface area contributed by atoms with Gasteiger partial charge in [0.2, 0.25) is 0 Å². The molecule has 0 unspecified atom stereocenters. The van der Waals surface area contributed by atoms with Gasteiger partial charge in [-0.3, -0.25) is 0 Å². The van der Waals surface area contributed by atoms with Gasteiger partial charge in [0, 0.05) is 47.7 Å². The van der Waals surface area contributed by atoms with Crippen LogP contribution in [0.2, 0.25) is 5.02 Å². The molecule has 3 aromatic carbocycles. The monoisotopic (exact) mass is 688 g/mol. The quantitative estimate of drug-likeness (QED) is 0.135. The molecule has 0 amide bonds. The molecular weight excluding hydrogens is 659 g/mol. The minimum absolute atomic E-state index is 0.000142. The number of sulfone groups is 1. The lowest BCUT2D eigenvalue weighted by molar-refractivity contribution is 0.306. The van der Waals surface area contributed by atoms with Gasteiger partial charge in [-0.25, -0.2) is 32.7 Å². The molecule has 0 aliphatic rings. The molecule has 0 radical (unpaired) electrons. The zero-order chi connectivity index (χ0) is 32.8. The molecule has 0 saturated carbocycles. The van der Waals surface area contributed by atoms with Crippen molar-refractivity contribution in [3.05, 3.63) is 118 Å². The van der Waals surface area contributed by atoms with Crippen LogP contribution >= 0.6 is 22.9 Å². The van der Waals surface area contributed by atoms with Gasteiger partial charge in [0.05, 0.1) is 27.0 Å². The Morgan fingerprint density at radius 3 is 2.68 bits per heavy atom. The number of anilines is 2. The Morgan fingerprint density at radius 1 is 0.979 bits per heavy atom. The Bertz CT molecular complexity index is 2110. The molecule has 9 nitrogen and oxygen atoms in total. The van der Waals surface area contributed by atoms with Crippen LogP contribution in [-0.4, -0.2) is 59.1 Å². The van der Waals surface area contributed by atoms with Gasteiger partial charge in [0.1, 0.15) is 30.3 Å². The Hall–Kier alpha value is -4.49. The first-order valence-electron chi connectivity index (χ1n) is 14.7. The van der Waals surface area contributed by atoms with Crippen molar-refractivity contribution in [3.63, 3.8) is 0 Å². The van der Waals surface area contributed by atoms with E-state index in [0.29, 0.717) is 47.4 Å². The number of fused-ring (bicyclic) bond motifs is 1. The number of hydrogen-bond donors (Lipinski definition) is 1. The lowest BCUT2D eigenvalue weighted by Crippen LogP contribution is -2.28. The summed E-state index contributed by atoms with van der Waals surface area (Å²) in [5, 5.41) is 7.62. The second-order valence-corrected chi connectivity index (χ2v) is 14.2. The largest absolute Gasteiger partial charge is 0.487 e. The number of halogens is 2. The molecule has 240 valence electrons. The Morgan fingerprint density at radius 2 is 1.87 bits per heavy atom. The van der Waals surface area contributed by atoms with Gasteiger partial charge in [-0.05, 0) is 67.2 Å². The van der Waals surface area contributed by atoms with Crippen molar-refractivity contribution in [2.24, 2.45) is 0 Å². The fourth-order valence-corrected chi connectivity index (χ4v) is 7.10. The van der Waals surface area contributed by atoms with Crippen molar-refractivity contribution >= 4 is 55.2 Å². The average molecular weight is 689 g/mol. The third kappa shape index (κ3) is 8.27. The predicted octanol–water partition coefficient (Wildman–Crippen LogP) is 7.21. The van der Waals surface area contributed by atoms with Crippen LogP contribution in [0.3, 0.4) is 0 Å². The summed E-state index contributed by atoms with van der Waals surface area (Å²) in [6.07, 6.45) is 3.68. The molecule has 47 heavy (non-hydrogen) atoms. The van der Waals surface area contributed by atoms with Gasteiger partial charge in [0.15, 0.2) is 14.9 Å². The molecule has 0 bridgehead atoms. The minimum atomic E-state index is -3.43. The van der Waals surface area contributed by atoms with Gasteiger partial charge in [0.25, 0.3) is 0 Å². The van der Waals surface area contributed by atoms with E-state index in [-0.39, 0.29) is 23.2 Å². The summed E-state index contributed by atoms with van der Waals surface area (Å²) in [6, 6.07) is 22.4. The fourth-order valence-electron chi connectivity index (χ4n) is 4.80. The zero-order valence-corrected chi connectivity index (χ0v) is 27.7. The third-order valence-electron chi connectivity index (χ3n) is 7.37. The minimum Gasteiger partial charge on any atom is -0.487 e. The van der Waals surface area contributed by atoms with Crippen LogP contribution in [-0.2, 0) is 22.9 Å². The molecule has 0 atom stereocenters. The van der Waals surface area contributed by atoms with Crippen LogP contribution in [0.4, 0.5) is 15.9 Å². The van der Waals surface area contributed by atoms with E-state index in [1.54, 1.807) is 47.7 Å². The van der Waals surface area contributed by atoms with Crippen LogP contribution in [0, 0.1) is 5.82 Å². The van der Waals surface area contributed by atoms with Crippen LogP contribution in [0.15, 0.2) is 102 Å². The number of aromatic nitrogens is 4. The highest BCUT2D eigenvalue weighted by molar-refractivity contribution is 7.91. The first-order valence-corrected chi connectivity index (χ1v) is 17.6. The summed E-state index contributed by atoms with van der Waals surface area (Å²) in [6.45, 7) is 1.25. The van der Waals surface area contributed by atoms with E-state index in [1.807, 2.05) is 41.6 Å². The van der Waals surface area contributed by atoms with Gasteiger partial charge in [-0.15, -0.1) is 11.3 Å². The van der Waals surface area contributed by atoms with Crippen molar-refractivity contribution in [2.75, 3.05) is 31.2 Å². The number of ether oxygens (including phenoxy) is 1. The average Bonchev–Trinajstić information content (AvgIpc) is 3.56. The number of hydrogen-bond acceptors (Lipinski definition) is 10. The van der Waals surface area contributed by atoms with Crippen LogP contribution in [0.25, 0.3) is 22.2 Å². The summed E-state index contributed by atoms with van der Waals surface area (Å²) in [7, 11) is -1.53. The fraction of sp³-hybridized carbons (Fsp3) is 0.176. The zero-order valence-electron chi connectivity index (χ0n) is 25.3. The maximum absolute atomic E-state index is 13.5. The number of nitrogens with one attached hydrogen (secondary N) is 1. The Kier molecular flexibility index (Phi) is 10.0. The molecule has 0 saturated heterocycles. The van der Waals surface area contributed by atoms with E-state index in [1.165, 1.54) is 30.7 Å². The molecule has 3 aromatic heterocycles. The van der Waals surface area contributed by atoms with Crippen molar-refractivity contribution in [1.82, 2.24) is 24.8 Å². The predicted molar refractivity (Wildman–Crippen MR) is 184 cm³/mol. The van der Waals surface area contributed by atoms with E-state index in [2.05, 4.69) is 20.3 Å². The molecule has 13 heteroatoms. The van der Waals surface area contributed by atoms with Crippen molar-refractivity contribution < 1.29 is 17.5 Å². The maximum Gasteiger partial charge on any atom is 0.196 e. The lowest BCUT2D eigenvalue weighted by Gasteiger charge is -2.15. The molecule has 0 spiro atoms. The van der Waals surface area contributed by atoms with Gasteiger partial charge in [-0.2, -0.15) is 0 Å². The number of likely N-dealkylation sites (N-methyl/N-ethyl adjacent to an activating group) is 1. The molecular formula is C34H30ClFN6O3S2. The van der Waals surface area contributed by atoms with E-state index in [0.717, 1.165) is 27.2 Å². The van der Waals surface area contributed by atoms with E-state index >= 15 is 0 Å². The number of benzene rings is 3. The van der Waals surface area contributed by atoms with Crippen LogP contribution in [0.1, 0.15) is 10.6 Å². The summed E-state index contributed by atoms with van der Waals surface area (Å²) >= 11 is 8.08. The molecule has 1 N–H and O–H groups in total. The Balaban J connectivity index is 1.09. The number of rotatable bonds is 13. The van der Waals surface area contributed by atoms with Crippen LogP contribution in [0.5, 0.6) is 5.75 Å². The van der Waals surface area contributed by atoms with Gasteiger partial charge < -0.3 is 15.0 Å². The normalized spacial score (nSPS) is 11.7. The molecule has 6 aromatic rings. The summed E-state index contributed by atoms with van der Waals surface area (Å²) < 4.78 is 44.4. The first-order chi connectivity index (χ1) is 22.7. The van der Waals surface area contributed by atoms with Crippen molar-refractivity contribution in [2.45, 2.75) is 18.1 Å². The van der Waals surface area contributed by atoms with E-state index < -0.39 is 9.84 Å². The number of nitrogens with zero attached hydrogens (tertiary/aromatic N) is 5. The van der Waals surface area contributed by atoms with Gasteiger partial charge in [-0.1, -0.05) is 35.9 Å². The molecule has 0 aliphatic heterocycles. The van der Waals surface area contributed by atoms with E-state index in [9.17, 15) is 12.8 Å². The molecule has 3 heterocycles. The molecule has 0 fully saturated rings. The van der Waals surface area contributed by atoms with Gasteiger partial charge >= 0.3 is 0 Å². The number of pyridine rings is 1. The third-order valence-corrected chi connectivity index (χ3v) is 10.2. The highest BCUT2D eigenvalue weighted by Crippen LogP contribution is 2.33. The van der Waals surface area contributed by atoms with E-state index in [4.69, 9.17) is 21.3 Å². The molecule has 0 aliphatic carbocycles. The van der Waals surface area contributed by atoms with Crippen molar-refractivity contribution in [1.29, 1.82) is 0 Å². The van der Waals surface area contributed by atoms with Crippen LogP contribution < -0.4 is 10.1 Å². The smallest absolute Gasteiger partial charge is 0.196 e. The second kappa shape index (κ2) is 14.5. The summed E-state index contributed by atoms with van der Waals surface area (Å²) in [4.78, 5) is 19.7.